The predicted molar refractivity (Wildman–Crippen MR) is 80.5 cm³/mol. The van der Waals surface area contributed by atoms with Gasteiger partial charge in [-0.25, -0.2) is 0 Å². The summed E-state index contributed by atoms with van der Waals surface area (Å²) >= 11 is 0. The summed E-state index contributed by atoms with van der Waals surface area (Å²) in [6.07, 6.45) is 6.36. The molecule has 1 aromatic rings. The van der Waals surface area contributed by atoms with E-state index in [1.165, 1.54) is 32.1 Å². The van der Waals surface area contributed by atoms with Crippen LogP contribution in [0.4, 0.5) is 11.4 Å². The van der Waals surface area contributed by atoms with E-state index < -0.39 is 0 Å². The van der Waals surface area contributed by atoms with Crippen LogP contribution in [-0.4, -0.2) is 11.8 Å². The van der Waals surface area contributed by atoms with Crippen LogP contribution in [0.5, 0.6) is 0 Å². The van der Waals surface area contributed by atoms with Crippen molar-refractivity contribution in [2.24, 2.45) is 5.92 Å². The van der Waals surface area contributed by atoms with Crippen molar-refractivity contribution in [3.05, 3.63) is 23.8 Å². The first-order valence-corrected chi connectivity index (χ1v) is 7.23. The molecule has 0 aliphatic heterocycles. The normalized spacial score (nSPS) is 23.7. The highest BCUT2D eigenvalue weighted by Crippen LogP contribution is 2.26. The summed E-state index contributed by atoms with van der Waals surface area (Å²) < 4.78 is 0. The Kier molecular flexibility index (Phi) is 4.46. The summed E-state index contributed by atoms with van der Waals surface area (Å²) in [6.45, 7) is 3.88. The lowest BCUT2D eigenvalue weighted by molar-refractivity contribution is 0.101. The molecule has 0 aromatic heterocycles. The molecule has 3 N–H and O–H groups in total. The highest BCUT2D eigenvalue weighted by atomic mass is 16.1. The minimum atomic E-state index is 0.0207. The minimum absolute atomic E-state index is 0.0207. The van der Waals surface area contributed by atoms with E-state index in [1.54, 1.807) is 6.92 Å². The standard InChI is InChI=1S/C16H24N2O/c1-11-4-3-5-13(7-6-11)18-14-8-9-15(12(2)19)16(17)10-14/h8-11,13,18H,3-7,17H2,1-2H3. The summed E-state index contributed by atoms with van der Waals surface area (Å²) in [5.41, 5.74) is 8.13. The van der Waals surface area contributed by atoms with E-state index in [-0.39, 0.29) is 5.78 Å². The SMILES string of the molecule is CC(=O)c1ccc(NC2CCCC(C)CC2)cc1N. The minimum Gasteiger partial charge on any atom is -0.398 e. The van der Waals surface area contributed by atoms with Gasteiger partial charge in [0.05, 0.1) is 0 Å². The van der Waals surface area contributed by atoms with E-state index in [1.807, 2.05) is 18.2 Å². The lowest BCUT2D eigenvalue weighted by Crippen LogP contribution is -2.18. The molecule has 0 radical (unpaired) electrons. The van der Waals surface area contributed by atoms with Gasteiger partial charge in [-0.1, -0.05) is 19.8 Å². The van der Waals surface area contributed by atoms with Gasteiger partial charge in [0, 0.05) is 23.0 Å². The van der Waals surface area contributed by atoms with E-state index in [0.717, 1.165) is 11.6 Å². The number of nitrogens with two attached hydrogens (primary N) is 1. The molecule has 1 aliphatic carbocycles. The lowest BCUT2D eigenvalue weighted by Gasteiger charge is -2.18. The zero-order valence-corrected chi connectivity index (χ0v) is 11.9. The highest BCUT2D eigenvalue weighted by molar-refractivity contribution is 5.99. The van der Waals surface area contributed by atoms with Crippen LogP contribution in [0.2, 0.25) is 0 Å². The van der Waals surface area contributed by atoms with Crippen LogP contribution in [0.1, 0.15) is 56.3 Å². The van der Waals surface area contributed by atoms with E-state index >= 15 is 0 Å². The lowest BCUT2D eigenvalue weighted by atomic mass is 10.0. The van der Waals surface area contributed by atoms with Crippen molar-refractivity contribution >= 4 is 17.2 Å². The average Bonchev–Trinajstić information content (AvgIpc) is 2.54. The average molecular weight is 260 g/mol. The number of hydrogen-bond acceptors (Lipinski definition) is 3. The first-order valence-electron chi connectivity index (χ1n) is 7.23. The number of nitrogen functional groups attached to an aromatic ring is 1. The van der Waals surface area contributed by atoms with Crippen molar-refractivity contribution < 1.29 is 4.79 Å². The van der Waals surface area contributed by atoms with Crippen molar-refractivity contribution in [2.75, 3.05) is 11.1 Å². The van der Waals surface area contributed by atoms with Gasteiger partial charge in [0.15, 0.2) is 5.78 Å². The molecular weight excluding hydrogens is 236 g/mol. The zero-order chi connectivity index (χ0) is 13.8. The summed E-state index contributed by atoms with van der Waals surface area (Å²) in [5, 5.41) is 3.56. The van der Waals surface area contributed by atoms with Crippen molar-refractivity contribution in [2.45, 2.75) is 52.0 Å². The molecule has 2 atom stereocenters. The van der Waals surface area contributed by atoms with Crippen molar-refractivity contribution in [1.29, 1.82) is 0 Å². The third-order valence-electron chi connectivity index (χ3n) is 4.06. The molecule has 1 fully saturated rings. The molecule has 1 aromatic carbocycles. The first-order chi connectivity index (χ1) is 9.06. The maximum atomic E-state index is 11.3. The van der Waals surface area contributed by atoms with E-state index in [0.29, 0.717) is 17.3 Å². The first kappa shape index (κ1) is 13.9. The Morgan fingerprint density at radius 2 is 2.05 bits per heavy atom. The van der Waals surface area contributed by atoms with Crippen molar-refractivity contribution in [3.8, 4) is 0 Å². The van der Waals surface area contributed by atoms with Gasteiger partial charge in [-0.15, -0.1) is 0 Å². The number of rotatable bonds is 3. The second kappa shape index (κ2) is 6.09. The number of carbonyl (C=O) groups is 1. The second-order valence-corrected chi connectivity index (χ2v) is 5.81. The fraction of sp³-hybridized carbons (Fsp3) is 0.562. The number of hydrogen-bond donors (Lipinski definition) is 2. The van der Waals surface area contributed by atoms with Crippen LogP contribution < -0.4 is 11.1 Å². The van der Waals surface area contributed by atoms with Gasteiger partial charge in [-0.3, -0.25) is 4.79 Å². The number of carbonyl (C=O) groups excluding carboxylic acids is 1. The molecule has 0 spiro atoms. The Bertz CT molecular complexity index is 456. The van der Waals surface area contributed by atoms with E-state index in [9.17, 15) is 4.79 Å². The molecule has 3 heteroatoms. The van der Waals surface area contributed by atoms with Crippen LogP contribution in [0, 0.1) is 5.92 Å². The second-order valence-electron chi connectivity index (χ2n) is 5.81. The van der Waals surface area contributed by atoms with Crippen LogP contribution in [0.25, 0.3) is 0 Å². The van der Waals surface area contributed by atoms with Crippen molar-refractivity contribution in [3.63, 3.8) is 0 Å². The topological polar surface area (TPSA) is 55.1 Å². The molecule has 0 heterocycles. The third kappa shape index (κ3) is 3.72. The number of Topliss-reactive ketones (excluding diaryl/α,β-unsaturated/α-hetero) is 1. The van der Waals surface area contributed by atoms with E-state index in [4.69, 9.17) is 5.73 Å². The maximum absolute atomic E-state index is 11.3. The largest absolute Gasteiger partial charge is 0.398 e. The molecule has 3 nitrogen and oxygen atoms in total. The van der Waals surface area contributed by atoms with E-state index in [2.05, 4.69) is 12.2 Å². The van der Waals surface area contributed by atoms with Crippen molar-refractivity contribution in [1.82, 2.24) is 0 Å². The molecule has 104 valence electrons. The van der Waals surface area contributed by atoms with Gasteiger partial charge in [0.25, 0.3) is 0 Å². The fourth-order valence-corrected chi connectivity index (χ4v) is 2.84. The molecule has 1 saturated carbocycles. The molecule has 1 aliphatic rings. The zero-order valence-electron chi connectivity index (χ0n) is 11.9. The Labute approximate surface area is 115 Å². The quantitative estimate of drug-likeness (QED) is 0.493. The summed E-state index contributed by atoms with van der Waals surface area (Å²) in [5.74, 6) is 0.865. The van der Waals surface area contributed by atoms with Crippen LogP contribution in [-0.2, 0) is 0 Å². The summed E-state index contributed by atoms with van der Waals surface area (Å²) in [4.78, 5) is 11.3. The number of anilines is 2. The molecule has 0 saturated heterocycles. The molecule has 19 heavy (non-hydrogen) atoms. The summed E-state index contributed by atoms with van der Waals surface area (Å²) in [7, 11) is 0. The van der Waals surface area contributed by atoms with Crippen LogP contribution in [0.15, 0.2) is 18.2 Å². The third-order valence-corrected chi connectivity index (χ3v) is 4.06. The Hall–Kier alpha value is -1.51. The molecule has 0 bridgehead atoms. The van der Waals surface area contributed by atoms with Gasteiger partial charge in [0.2, 0.25) is 0 Å². The Morgan fingerprint density at radius 1 is 1.26 bits per heavy atom. The fourth-order valence-electron chi connectivity index (χ4n) is 2.84. The predicted octanol–water partition coefficient (Wildman–Crippen LogP) is 3.85. The molecular formula is C16H24N2O. The molecule has 2 unspecified atom stereocenters. The molecule has 0 amide bonds. The van der Waals surface area contributed by atoms with Gasteiger partial charge in [-0.2, -0.15) is 0 Å². The van der Waals surface area contributed by atoms with Gasteiger partial charge in [-0.05, 0) is 50.3 Å². The van der Waals surface area contributed by atoms with Crippen LogP contribution >= 0.6 is 0 Å². The Morgan fingerprint density at radius 3 is 2.74 bits per heavy atom. The monoisotopic (exact) mass is 260 g/mol. The number of benzene rings is 1. The number of nitrogens with one attached hydrogen (secondary N) is 1. The van der Waals surface area contributed by atoms with Gasteiger partial charge < -0.3 is 11.1 Å². The summed E-state index contributed by atoms with van der Waals surface area (Å²) in [6, 6.07) is 6.19. The Balaban J connectivity index is 2.03. The molecule has 2 rings (SSSR count). The number of ketones is 1. The smallest absolute Gasteiger partial charge is 0.161 e. The van der Waals surface area contributed by atoms with Gasteiger partial charge >= 0.3 is 0 Å². The van der Waals surface area contributed by atoms with Crippen LogP contribution in [0.3, 0.4) is 0 Å². The van der Waals surface area contributed by atoms with Gasteiger partial charge in [0.1, 0.15) is 0 Å². The highest BCUT2D eigenvalue weighted by Gasteiger charge is 2.16. The maximum Gasteiger partial charge on any atom is 0.161 e.